The molecule has 1 aromatic rings. The highest BCUT2D eigenvalue weighted by Gasteiger charge is 2.15. The molecule has 1 aliphatic heterocycles. The van der Waals surface area contributed by atoms with Crippen molar-refractivity contribution in [1.82, 2.24) is 4.90 Å². The second-order valence-electron chi connectivity index (χ2n) is 3.35. The molecule has 14 heavy (non-hydrogen) atoms. The van der Waals surface area contributed by atoms with Crippen molar-refractivity contribution in [3.8, 4) is 0 Å². The number of halogens is 1. The average molecular weight is 272 g/mol. The Hall–Kier alpha value is -0.540. The number of nitrogens with zero attached hydrogens (tertiary/aromatic N) is 1. The number of allylic oxidation sites excluding steroid dienone is 2. The Bertz CT molecular complexity index is 340. The molecule has 2 heterocycles. The third-order valence-corrected chi connectivity index (χ3v) is 3.21. The Morgan fingerprint density at radius 2 is 2.21 bits per heavy atom. The maximum Gasteiger partial charge on any atom is 0.0815 e. The van der Waals surface area contributed by atoms with Crippen LogP contribution in [0, 0.1) is 0 Å². The molecule has 0 aliphatic carbocycles. The van der Waals surface area contributed by atoms with Gasteiger partial charge in [-0.15, -0.1) is 28.3 Å². The SMILES string of the molecule is Br.CC1=CC(c2cccs2)N(C)C=C1. The van der Waals surface area contributed by atoms with E-state index in [9.17, 15) is 0 Å². The van der Waals surface area contributed by atoms with Gasteiger partial charge < -0.3 is 4.90 Å². The topological polar surface area (TPSA) is 3.24 Å². The first-order valence-electron chi connectivity index (χ1n) is 4.39. The Labute approximate surface area is 99.5 Å². The van der Waals surface area contributed by atoms with Crippen LogP contribution in [-0.2, 0) is 0 Å². The number of thiophene rings is 1. The summed E-state index contributed by atoms with van der Waals surface area (Å²) in [6.07, 6.45) is 6.58. The molecular weight excluding hydrogens is 258 g/mol. The number of likely N-dealkylation sites (N-methyl/N-ethyl adjacent to an activating group) is 1. The number of hydrogen-bond donors (Lipinski definition) is 0. The summed E-state index contributed by atoms with van der Waals surface area (Å²) in [6.45, 7) is 2.14. The molecule has 1 unspecified atom stereocenters. The monoisotopic (exact) mass is 271 g/mol. The summed E-state index contributed by atoms with van der Waals surface area (Å²) in [6, 6.07) is 4.73. The van der Waals surface area contributed by atoms with E-state index < -0.39 is 0 Å². The molecule has 0 fully saturated rings. The quantitative estimate of drug-likeness (QED) is 0.752. The Morgan fingerprint density at radius 3 is 2.86 bits per heavy atom. The molecule has 3 heteroatoms. The van der Waals surface area contributed by atoms with Gasteiger partial charge in [0.1, 0.15) is 0 Å². The lowest BCUT2D eigenvalue weighted by Gasteiger charge is -2.26. The zero-order valence-corrected chi connectivity index (χ0v) is 10.8. The van der Waals surface area contributed by atoms with E-state index in [1.165, 1.54) is 10.5 Å². The van der Waals surface area contributed by atoms with E-state index in [-0.39, 0.29) is 17.0 Å². The van der Waals surface area contributed by atoms with Crippen LogP contribution in [0.4, 0.5) is 0 Å². The van der Waals surface area contributed by atoms with Crippen molar-refractivity contribution < 1.29 is 0 Å². The predicted octanol–water partition coefficient (Wildman–Crippen LogP) is 3.77. The van der Waals surface area contributed by atoms with Crippen molar-refractivity contribution in [2.45, 2.75) is 13.0 Å². The molecule has 76 valence electrons. The summed E-state index contributed by atoms with van der Waals surface area (Å²) >= 11 is 1.82. The Kier molecular flexibility index (Phi) is 3.96. The summed E-state index contributed by atoms with van der Waals surface area (Å²) < 4.78 is 0. The summed E-state index contributed by atoms with van der Waals surface area (Å²) in [5.74, 6) is 0. The van der Waals surface area contributed by atoms with Gasteiger partial charge in [0.25, 0.3) is 0 Å². The fourth-order valence-corrected chi connectivity index (χ4v) is 2.34. The van der Waals surface area contributed by atoms with Crippen LogP contribution in [0.1, 0.15) is 17.8 Å². The van der Waals surface area contributed by atoms with Gasteiger partial charge in [-0.1, -0.05) is 17.7 Å². The summed E-state index contributed by atoms with van der Waals surface area (Å²) in [7, 11) is 2.11. The van der Waals surface area contributed by atoms with Crippen molar-refractivity contribution in [1.29, 1.82) is 0 Å². The highest BCUT2D eigenvalue weighted by molar-refractivity contribution is 8.93. The standard InChI is InChI=1S/C11H13NS.BrH/c1-9-5-6-12(2)10(8-9)11-4-3-7-13-11;/h3-8,10H,1-2H3;1H. The van der Waals surface area contributed by atoms with E-state index in [4.69, 9.17) is 0 Å². The molecule has 0 bridgehead atoms. The van der Waals surface area contributed by atoms with Gasteiger partial charge in [0.2, 0.25) is 0 Å². The molecule has 0 amide bonds. The molecule has 0 aromatic carbocycles. The van der Waals surface area contributed by atoms with Crippen LogP contribution in [0.25, 0.3) is 0 Å². The highest BCUT2D eigenvalue weighted by atomic mass is 79.9. The van der Waals surface area contributed by atoms with Crippen LogP contribution >= 0.6 is 28.3 Å². The van der Waals surface area contributed by atoms with Crippen LogP contribution in [0.5, 0.6) is 0 Å². The van der Waals surface area contributed by atoms with Gasteiger partial charge in [-0.3, -0.25) is 0 Å². The lowest BCUT2D eigenvalue weighted by molar-refractivity contribution is 0.392. The fourth-order valence-electron chi connectivity index (χ4n) is 1.49. The molecule has 1 aromatic heterocycles. The minimum atomic E-state index is 0. The zero-order valence-electron chi connectivity index (χ0n) is 8.31. The van der Waals surface area contributed by atoms with E-state index in [0.717, 1.165) is 0 Å². The van der Waals surface area contributed by atoms with E-state index in [0.29, 0.717) is 6.04 Å². The third-order valence-electron chi connectivity index (χ3n) is 2.27. The first-order valence-corrected chi connectivity index (χ1v) is 5.27. The van der Waals surface area contributed by atoms with Crippen LogP contribution in [0.3, 0.4) is 0 Å². The van der Waals surface area contributed by atoms with Gasteiger partial charge in [0.05, 0.1) is 6.04 Å². The number of hydrogen-bond acceptors (Lipinski definition) is 2. The number of rotatable bonds is 1. The van der Waals surface area contributed by atoms with E-state index in [1.807, 2.05) is 11.3 Å². The maximum absolute atomic E-state index is 2.30. The van der Waals surface area contributed by atoms with E-state index >= 15 is 0 Å². The molecule has 0 radical (unpaired) electrons. The van der Waals surface area contributed by atoms with Gasteiger partial charge in [0.15, 0.2) is 0 Å². The minimum absolute atomic E-state index is 0. The van der Waals surface area contributed by atoms with Crippen LogP contribution in [-0.4, -0.2) is 11.9 Å². The largest absolute Gasteiger partial charge is 0.369 e. The molecular formula is C11H14BrNS. The third kappa shape index (κ3) is 2.28. The lowest BCUT2D eigenvalue weighted by Crippen LogP contribution is -2.18. The van der Waals surface area contributed by atoms with Gasteiger partial charge in [0, 0.05) is 11.9 Å². The average Bonchev–Trinajstić information content (AvgIpc) is 2.61. The van der Waals surface area contributed by atoms with Crippen LogP contribution < -0.4 is 0 Å². The van der Waals surface area contributed by atoms with Crippen molar-refractivity contribution >= 4 is 28.3 Å². The van der Waals surface area contributed by atoms with Gasteiger partial charge in [-0.25, -0.2) is 0 Å². The molecule has 0 spiro atoms. The maximum atomic E-state index is 2.30. The second-order valence-corrected chi connectivity index (χ2v) is 4.33. The smallest absolute Gasteiger partial charge is 0.0815 e. The van der Waals surface area contributed by atoms with E-state index in [2.05, 4.69) is 54.7 Å². The predicted molar refractivity (Wildman–Crippen MR) is 68.0 cm³/mol. The molecule has 1 atom stereocenters. The van der Waals surface area contributed by atoms with Crippen LogP contribution in [0.2, 0.25) is 0 Å². The summed E-state index contributed by atoms with van der Waals surface area (Å²) in [4.78, 5) is 3.64. The molecule has 0 saturated carbocycles. The first kappa shape index (κ1) is 11.5. The Balaban J connectivity index is 0.000000980. The van der Waals surface area contributed by atoms with Crippen molar-refractivity contribution in [2.24, 2.45) is 0 Å². The summed E-state index contributed by atoms with van der Waals surface area (Å²) in [5.41, 5.74) is 1.34. The fraction of sp³-hybridized carbons (Fsp3) is 0.273. The normalized spacial score (nSPS) is 20.3. The molecule has 2 rings (SSSR count). The van der Waals surface area contributed by atoms with Crippen molar-refractivity contribution in [2.75, 3.05) is 7.05 Å². The highest BCUT2D eigenvalue weighted by Crippen LogP contribution is 2.29. The second kappa shape index (κ2) is 4.80. The lowest BCUT2D eigenvalue weighted by atomic mass is 10.1. The molecule has 0 N–H and O–H groups in total. The zero-order chi connectivity index (χ0) is 9.26. The minimum Gasteiger partial charge on any atom is -0.369 e. The molecule has 1 nitrogen and oxygen atoms in total. The molecule has 1 aliphatic rings. The van der Waals surface area contributed by atoms with Gasteiger partial charge in [-0.2, -0.15) is 0 Å². The Morgan fingerprint density at radius 1 is 1.43 bits per heavy atom. The van der Waals surface area contributed by atoms with Crippen molar-refractivity contribution in [3.63, 3.8) is 0 Å². The summed E-state index contributed by atoms with van der Waals surface area (Å²) in [5, 5.41) is 2.13. The van der Waals surface area contributed by atoms with Crippen molar-refractivity contribution in [3.05, 3.63) is 46.3 Å². The first-order chi connectivity index (χ1) is 6.27. The van der Waals surface area contributed by atoms with Gasteiger partial charge >= 0.3 is 0 Å². The van der Waals surface area contributed by atoms with Crippen LogP contribution in [0.15, 0.2) is 41.4 Å². The van der Waals surface area contributed by atoms with E-state index in [1.54, 1.807) is 0 Å². The molecule has 0 saturated heterocycles. The van der Waals surface area contributed by atoms with Gasteiger partial charge in [-0.05, 0) is 30.6 Å².